The molecule has 1 fully saturated rings. The molecule has 1 aliphatic heterocycles. The summed E-state index contributed by atoms with van der Waals surface area (Å²) in [6.45, 7) is 2.86. The van der Waals surface area contributed by atoms with Crippen LogP contribution in [0.3, 0.4) is 0 Å². The highest BCUT2D eigenvalue weighted by Crippen LogP contribution is 2.19. The standard InChI is InChI=1S/C11H18N2O3S2/c1-18(15,16)8-11-12-10(7-17-11)5-13-3-2-9(4-13)6-14/h7,9,14H,2-6,8H2,1H3. The van der Waals surface area contributed by atoms with E-state index in [4.69, 9.17) is 5.11 Å². The average Bonchev–Trinajstić information content (AvgIpc) is 2.86. The SMILES string of the molecule is CS(=O)(=O)Cc1nc(CN2CCC(CO)C2)cs1. The van der Waals surface area contributed by atoms with Crippen LogP contribution >= 0.6 is 11.3 Å². The smallest absolute Gasteiger partial charge is 0.153 e. The van der Waals surface area contributed by atoms with Gasteiger partial charge < -0.3 is 5.11 Å². The molecule has 0 aliphatic carbocycles. The fraction of sp³-hybridized carbons (Fsp3) is 0.727. The van der Waals surface area contributed by atoms with Crippen LogP contribution in [0.4, 0.5) is 0 Å². The van der Waals surface area contributed by atoms with E-state index in [-0.39, 0.29) is 12.4 Å². The number of thiazole rings is 1. The Hall–Kier alpha value is -0.500. The first kappa shape index (κ1) is 13.9. The summed E-state index contributed by atoms with van der Waals surface area (Å²) in [7, 11) is -3.00. The molecule has 0 bridgehead atoms. The first-order valence-corrected chi connectivity index (χ1v) is 8.84. The zero-order valence-corrected chi connectivity index (χ0v) is 12.0. The lowest BCUT2D eigenvalue weighted by Crippen LogP contribution is -2.21. The van der Waals surface area contributed by atoms with Crippen molar-refractivity contribution in [3.05, 3.63) is 16.1 Å². The molecule has 2 heterocycles. The van der Waals surface area contributed by atoms with Crippen LogP contribution in [0.25, 0.3) is 0 Å². The van der Waals surface area contributed by atoms with Crippen molar-refractivity contribution >= 4 is 21.2 Å². The summed E-state index contributed by atoms with van der Waals surface area (Å²) in [5.41, 5.74) is 0.928. The molecule has 1 aromatic rings. The quantitative estimate of drug-likeness (QED) is 0.855. The van der Waals surface area contributed by atoms with E-state index in [1.54, 1.807) is 0 Å². The normalized spacial score (nSPS) is 21.6. The van der Waals surface area contributed by atoms with Crippen LogP contribution in [0.5, 0.6) is 0 Å². The van der Waals surface area contributed by atoms with Gasteiger partial charge in [-0.05, 0) is 18.9 Å². The van der Waals surface area contributed by atoms with E-state index < -0.39 is 9.84 Å². The zero-order valence-electron chi connectivity index (χ0n) is 10.4. The number of hydrogen-bond donors (Lipinski definition) is 1. The van der Waals surface area contributed by atoms with Crippen molar-refractivity contribution in [2.75, 3.05) is 26.0 Å². The van der Waals surface area contributed by atoms with E-state index in [9.17, 15) is 8.42 Å². The Bertz CT molecular complexity index is 498. The summed E-state index contributed by atoms with van der Waals surface area (Å²) in [6.07, 6.45) is 2.25. The van der Waals surface area contributed by atoms with Crippen molar-refractivity contribution < 1.29 is 13.5 Å². The lowest BCUT2D eigenvalue weighted by atomic mass is 10.1. The van der Waals surface area contributed by atoms with Gasteiger partial charge in [0.15, 0.2) is 9.84 Å². The number of rotatable bonds is 5. The second kappa shape index (κ2) is 5.64. The number of aliphatic hydroxyl groups excluding tert-OH is 1. The van der Waals surface area contributed by atoms with Gasteiger partial charge in [-0.2, -0.15) is 0 Å². The first-order chi connectivity index (χ1) is 8.46. The van der Waals surface area contributed by atoms with Gasteiger partial charge in [-0.3, -0.25) is 4.90 Å². The maximum Gasteiger partial charge on any atom is 0.153 e. The van der Waals surface area contributed by atoms with Crippen LogP contribution < -0.4 is 0 Å². The van der Waals surface area contributed by atoms with Gasteiger partial charge in [0, 0.05) is 31.3 Å². The van der Waals surface area contributed by atoms with E-state index in [1.165, 1.54) is 17.6 Å². The average molecular weight is 290 g/mol. The Morgan fingerprint density at radius 1 is 1.61 bits per heavy atom. The Kier molecular flexibility index (Phi) is 4.37. The van der Waals surface area contributed by atoms with E-state index in [0.29, 0.717) is 10.9 Å². The Balaban J connectivity index is 1.91. The minimum Gasteiger partial charge on any atom is -0.396 e. The highest BCUT2D eigenvalue weighted by atomic mass is 32.2. The molecule has 2 rings (SSSR count). The van der Waals surface area contributed by atoms with Gasteiger partial charge in [0.1, 0.15) is 10.8 Å². The molecular formula is C11H18N2O3S2. The van der Waals surface area contributed by atoms with Crippen molar-refractivity contribution in [3.8, 4) is 0 Å². The minimum absolute atomic E-state index is 0.0247. The largest absolute Gasteiger partial charge is 0.396 e. The van der Waals surface area contributed by atoms with Crippen molar-refractivity contribution in [2.45, 2.75) is 18.7 Å². The molecule has 102 valence electrons. The van der Waals surface area contributed by atoms with Gasteiger partial charge in [0.05, 0.1) is 5.69 Å². The van der Waals surface area contributed by atoms with Crippen molar-refractivity contribution in [1.29, 1.82) is 0 Å². The summed E-state index contributed by atoms with van der Waals surface area (Å²) in [5.74, 6) is 0.399. The molecule has 1 aromatic heterocycles. The molecule has 0 saturated carbocycles. The van der Waals surface area contributed by atoms with Crippen LogP contribution in [0.1, 0.15) is 17.1 Å². The molecule has 5 nitrogen and oxygen atoms in total. The van der Waals surface area contributed by atoms with Gasteiger partial charge >= 0.3 is 0 Å². The molecule has 1 saturated heterocycles. The molecule has 1 atom stereocenters. The maximum atomic E-state index is 11.2. The molecule has 0 amide bonds. The number of aliphatic hydroxyl groups is 1. The lowest BCUT2D eigenvalue weighted by Gasteiger charge is -2.13. The second-order valence-corrected chi connectivity index (χ2v) is 7.96. The van der Waals surface area contributed by atoms with Crippen molar-refractivity contribution in [1.82, 2.24) is 9.88 Å². The molecule has 1 unspecified atom stereocenters. The second-order valence-electron chi connectivity index (χ2n) is 4.88. The topological polar surface area (TPSA) is 70.5 Å². The number of hydrogen-bond acceptors (Lipinski definition) is 6. The van der Waals surface area contributed by atoms with Crippen LogP contribution in [-0.2, 0) is 22.1 Å². The van der Waals surface area contributed by atoms with Gasteiger partial charge in [-0.15, -0.1) is 11.3 Å². The number of aromatic nitrogens is 1. The highest BCUT2D eigenvalue weighted by molar-refractivity contribution is 7.90. The Morgan fingerprint density at radius 2 is 2.39 bits per heavy atom. The fourth-order valence-corrected chi connectivity index (χ4v) is 4.14. The van der Waals surface area contributed by atoms with Gasteiger partial charge in [0.2, 0.25) is 0 Å². The third-order valence-corrected chi connectivity index (χ3v) is 4.88. The predicted octanol–water partition coefficient (Wildman–Crippen LogP) is 0.502. The van der Waals surface area contributed by atoms with Crippen LogP contribution in [0.2, 0.25) is 0 Å². The highest BCUT2D eigenvalue weighted by Gasteiger charge is 2.22. The molecule has 18 heavy (non-hydrogen) atoms. The van der Waals surface area contributed by atoms with E-state index in [0.717, 1.165) is 31.7 Å². The number of nitrogens with zero attached hydrogens (tertiary/aromatic N) is 2. The summed E-state index contributed by atoms with van der Waals surface area (Å²) in [6, 6.07) is 0. The third kappa shape index (κ3) is 4.01. The predicted molar refractivity (Wildman–Crippen MR) is 71.1 cm³/mol. The number of sulfone groups is 1. The zero-order chi connectivity index (χ0) is 13.2. The van der Waals surface area contributed by atoms with E-state index in [1.807, 2.05) is 5.38 Å². The van der Waals surface area contributed by atoms with Gasteiger partial charge in [-0.25, -0.2) is 13.4 Å². The summed E-state index contributed by atoms with van der Waals surface area (Å²) in [4.78, 5) is 6.60. The number of likely N-dealkylation sites (tertiary alicyclic amines) is 1. The molecule has 7 heteroatoms. The summed E-state index contributed by atoms with van der Waals surface area (Å²) >= 11 is 1.40. The van der Waals surface area contributed by atoms with Gasteiger partial charge in [-0.1, -0.05) is 0 Å². The molecule has 0 spiro atoms. The van der Waals surface area contributed by atoms with E-state index >= 15 is 0 Å². The van der Waals surface area contributed by atoms with Gasteiger partial charge in [0.25, 0.3) is 0 Å². The first-order valence-electron chi connectivity index (χ1n) is 5.90. The lowest BCUT2D eigenvalue weighted by molar-refractivity contribution is 0.219. The van der Waals surface area contributed by atoms with Crippen LogP contribution in [-0.4, -0.2) is 49.4 Å². The van der Waals surface area contributed by atoms with Crippen molar-refractivity contribution in [2.24, 2.45) is 5.92 Å². The van der Waals surface area contributed by atoms with Crippen molar-refractivity contribution in [3.63, 3.8) is 0 Å². The summed E-state index contributed by atoms with van der Waals surface area (Å²) in [5, 5.41) is 11.7. The Morgan fingerprint density at radius 3 is 3.00 bits per heavy atom. The molecular weight excluding hydrogens is 272 g/mol. The molecule has 0 radical (unpaired) electrons. The third-order valence-electron chi connectivity index (χ3n) is 3.00. The minimum atomic E-state index is -3.00. The molecule has 0 aromatic carbocycles. The summed E-state index contributed by atoms with van der Waals surface area (Å²) < 4.78 is 22.3. The maximum absolute atomic E-state index is 11.2. The van der Waals surface area contributed by atoms with Crippen LogP contribution in [0.15, 0.2) is 5.38 Å². The van der Waals surface area contributed by atoms with E-state index in [2.05, 4.69) is 9.88 Å². The monoisotopic (exact) mass is 290 g/mol. The Labute approximate surface area is 111 Å². The molecule has 1 N–H and O–H groups in total. The van der Waals surface area contributed by atoms with Crippen LogP contribution in [0, 0.1) is 5.92 Å². The molecule has 1 aliphatic rings. The fourth-order valence-electron chi connectivity index (χ4n) is 2.15.